The molecule has 5 heteroatoms. The van der Waals surface area contributed by atoms with E-state index in [0.29, 0.717) is 11.1 Å². The van der Waals surface area contributed by atoms with Gasteiger partial charge >= 0.3 is 0 Å². The Morgan fingerprint density at radius 3 is 2.94 bits per heavy atom. The van der Waals surface area contributed by atoms with Gasteiger partial charge in [0, 0.05) is 16.6 Å². The van der Waals surface area contributed by atoms with Crippen LogP contribution >= 0.6 is 27.5 Å². The third kappa shape index (κ3) is 1.98. The molecule has 1 N–H and O–H groups in total. The van der Waals surface area contributed by atoms with Crippen molar-refractivity contribution in [2.45, 2.75) is 18.8 Å². The Morgan fingerprint density at radius 1 is 1.41 bits per heavy atom. The van der Waals surface area contributed by atoms with Gasteiger partial charge in [-0.05, 0) is 54.0 Å². The van der Waals surface area contributed by atoms with Crippen LogP contribution < -0.4 is 5.32 Å². The van der Waals surface area contributed by atoms with Gasteiger partial charge in [-0.3, -0.25) is 0 Å². The second kappa shape index (κ2) is 4.59. The predicted molar refractivity (Wildman–Crippen MR) is 72.7 cm³/mol. The molecule has 90 valence electrons. The predicted octanol–water partition coefficient (Wildman–Crippen LogP) is 3.22. The molecule has 0 amide bonds. The Bertz CT molecular complexity index is 546. The standard InChI is InChI=1S/C12H13BrClN3/c13-9-2-1-7-17-10(9)11(14)16-12(17)8-3-5-15-6-4-8/h1-2,7-8,15H,3-6H2. The Kier molecular flexibility index (Phi) is 3.11. The second-order valence-corrected chi connectivity index (χ2v) is 5.57. The highest BCUT2D eigenvalue weighted by Crippen LogP contribution is 2.31. The van der Waals surface area contributed by atoms with Crippen LogP contribution in [0.2, 0.25) is 5.15 Å². The van der Waals surface area contributed by atoms with E-state index in [1.807, 2.05) is 18.3 Å². The molecule has 17 heavy (non-hydrogen) atoms. The number of halogens is 2. The Labute approximate surface area is 113 Å². The summed E-state index contributed by atoms with van der Waals surface area (Å²) in [5.74, 6) is 1.60. The van der Waals surface area contributed by atoms with Crippen molar-refractivity contribution in [3.8, 4) is 0 Å². The maximum absolute atomic E-state index is 6.22. The first-order valence-corrected chi connectivity index (χ1v) is 6.97. The molecule has 1 saturated heterocycles. The number of imidazole rings is 1. The highest BCUT2D eigenvalue weighted by Gasteiger charge is 2.22. The maximum atomic E-state index is 6.22. The molecule has 1 aliphatic heterocycles. The lowest BCUT2D eigenvalue weighted by molar-refractivity contribution is 0.444. The van der Waals surface area contributed by atoms with E-state index >= 15 is 0 Å². The fourth-order valence-corrected chi connectivity index (χ4v) is 3.37. The minimum atomic E-state index is 0.505. The summed E-state index contributed by atoms with van der Waals surface area (Å²) in [6.45, 7) is 2.12. The van der Waals surface area contributed by atoms with Gasteiger partial charge in [0.15, 0.2) is 5.15 Å². The first kappa shape index (κ1) is 11.5. The Hall–Kier alpha value is -0.580. The summed E-state index contributed by atoms with van der Waals surface area (Å²) in [5.41, 5.74) is 0.975. The third-order valence-corrected chi connectivity index (χ3v) is 4.21. The smallest absolute Gasteiger partial charge is 0.156 e. The van der Waals surface area contributed by atoms with Crippen LogP contribution in [0.3, 0.4) is 0 Å². The molecule has 0 aromatic carbocycles. The zero-order chi connectivity index (χ0) is 11.8. The number of piperidine rings is 1. The molecule has 0 saturated carbocycles. The van der Waals surface area contributed by atoms with E-state index in [9.17, 15) is 0 Å². The number of aromatic nitrogens is 2. The van der Waals surface area contributed by atoms with E-state index in [2.05, 4.69) is 30.6 Å². The summed E-state index contributed by atoms with van der Waals surface area (Å²) in [6.07, 6.45) is 4.29. The minimum absolute atomic E-state index is 0.505. The van der Waals surface area contributed by atoms with Gasteiger partial charge in [0.25, 0.3) is 0 Å². The van der Waals surface area contributed by atoms with E-state index in [4.69, 9.17) is 11.6 Å². The summed E-state index contributed by atoms with van der Waals surface area (Å²) < 4.78 is 3.11. The number of hydrogen-bond donors (Lipinski definition) is 1. The molecule has 3 nitrogen and oxygen atoms in total. The number of nitrogens with one attached hydrogen (secondary N) is 1. The number of fused-ring (bicyclic) bond motifs is 1. The molecule has 2 aromatic rings. The fourth-order valence-electron chi connectivity index (χ4n) is 2.45. The summed E-state index contributed by atoms with van der Waals surface area (Å²) in [5, 5.41) is 3.96. The van der Waals surface area contributed by atoms with Crippen LogP contribution in [0.1, 0.15) is 24.6 Å². The second-order valence-electron chi connectivity index (χ2n) is 4.36. The molecule has 0 spiro atoms. The average molecular weight is 315 g/mol. The summed E-state index contributed by atoms with van der Waals surface area (Å²) in [6, 6.07) is 4.01. The van der Waals surface area contributed by atoms with E-state index in [1.54, 1.807) is 0 Å². The van der Waals surface area contributed by atoms with Gasteiger partial charge in [-0.1, -0.05) is 11.6 Å². The van der Waals surface area contributed by atoms with Crippen LogP contribution in [0.4, 0.5) is 0 Å². The van der Waals surface area contributed by atoms with Gasteiger partial charge in [0.05, 0.1) is 5.52 Å². The van der Waals surface area contributed by atoms with Crippen molar-refractivity contribution in [1.29, 1.82) is 0 Å². The molecular weight excluding hydrogens is 302 g/mol. The molecule has 3 heterocycles. The van der Waals surface area contributed by atoms with Gasteiger partial charge in [0.2, 0.25) is 0 Å². The van der Waals surface area contributed by atoms with E-state index in [0.717, 1.165) is 41.7 Å². The highest BCUT2D eigenvalue weighted by molar-refractivity contribution is 9.10. The van der Waals surface area contributed by atoms with Crippen molar-refractivity contribution in [3.63, 3.8) is 0 Å². The lowest BCUT2D eigenvalue weighted by atomic mass is 9.97. The number of nitrogens with zero attached hydrogens (tertiary/aromatic N) is 2. The lowest BCUT2D eigenvalue weighted by Gasteiger charge is -2.21. The number of rotatable bonds is 1. The van der Waals surface area contributed by atoms with Crippen molar-refractivity contribution in [3.05, 3.63) is 33.8 Å². The molecule has 1 aliphatic rings. The molecule has 0 radical (unpaired) electrons. The Balaban J connectivity index is 2.13. The van der Waals surface area contributed by atoms with Gasteiger partial charge in [0.1, 0.15) is 5.82 Å². The first-order valence-electron chi connectivity index (χ1n) is 5.80. The number of hydrogen-bond acceptors (Lipinski definition) is 2. The summed E-state index contributed by atoms with van der Waals surface area (Å²) >= 11 is 9.75. The first-order chi connectivity index (χ1) is 8.27. The number of pyridine rings is 1. The Morgan fingerprint density at radius 2 is 2.18 bits per heavy atom. The van der Waals surface area contributed by atoms with Crippen LogP contribution in [0.25, 0.3) is 5.52 Å². The molecule has 0 aliphatic carbocycles. The SMILES string of the molecule is Clc1nc(C2CCNCC2)n2cccc(Br)c12. The molecule has 0 unspecified atom stereocenters. The van der Waals surface area contributed by atoms with Crippen LogP contribution in [0.15, 0.2) is 22.8 Å². The van der Waals surface area contributed by atoms with Crippen LogP contribution in [-0.4, -0.2) is 22.5 Å². The summed E-state index contributed by atoms with van der Waals surface area (Å²) in [4.78, 5) is 4.54. The normalized spacial score (nSPS) is 17.8. The molecular formula is C12H13BrClN3. The van der Waals surface area contributed by atoms with E-state index in [1.165, 1.54) is 0 Å². The lowest BCUT2D eigenvalue weighted by Crippen LogP contribution is -2.27. The maximum Gasteiger partial charge on any atom is 0.156 e. The third-order valence-electron chi connectivity index (χ3n) is 3.30. The molecule has 1 fully saturated rings. The van der Waals surface area contributed by atoms with Crippen LogP contribution in [-0.2, 0) is 0 Å². The zero-order valence-electron chi connectivity index (χ0n) is 9.29. The van der Waals surface area contributed by atoms with Crippen LogP contribution in [0, 0.1) is 0 Å². The molecule has 3 rings (SSSR count). The summed E-state index contributed by atoms with van der Waals surface area (Å²) in [7, 11) is 0. The van der Waals surface area contributed by atoms with Crippen molar-refractivity contribution >= 4 is 33.0 Å². The van der Waals surface area contributed by atoms with Crippen molar-refractivity contribution in [1.82, 2.24) is 14.7 Å². The topological polar surface area (TPSA) is 29.3 Å². The van der Waals surface area contributed by atoms with E-state index < -0.39 is 0 Å². The van der Waals surface area contributed by atoms with E-state index in [-0.39, 0.29) is 0 Å². The monoisotopic (exact) mass is 313 g/mol. The molecule has 2 aromatic heterocycles. The quantitative estimate of drug-likeness (QED) is 0.876. The average Bonchev–Trinajstić information content (AvgIpc) is 2.69. The van der Waals surface area contributed by atoms with Gasteiger partial charge in [-0.15, -0.1) is 0 Å². The molecule has 0 bridgehead atoms. The minimum Gasteiger partial charge on any atom is -0.317 e. The van der Waals surface area contributed by atoms with Crippen LogP contribution in [0.5, 0.6) is 0 Å². The zero-order valence-corrected chi connectivity index (χ0v) is 11.6. The molecule has 0 atom stereocenters. The fraction of sp³-hybridized carbons (Fsp3) is 0.417. The largest absolute Gasteiger partial charge is 0.317 e. The van der Waals surface area contributed by atoms with Crippen molar-refractivity contribution in [2.24, 2.45) is 0 Å². The van der Waals surface area contributed by atoms with Gasteiger partial charge in [-0.25, -0.2) is 4.98 Å². The van der Waals surface area contributed by atoms with Crippen molar-refractivity contribution < 1.29 is 0 Å². The highest BCUT2D eigenvalue weighted by atomic mass is 79.9. The van der Waals surface area contributed by atoms with Crippen molar-refractivity contribution in [2.75, 3.05) is 13.1 Å². The van der Waals surface area contributed by atoms with Gasteiger partial charge in [-0.2, -0.15) is 0 Å². The van der Waals surface area contributed by atoms with Gasteiger partial charge < -0.3 is 9.72 Å².